The Morgan fingerprint density at radius 3 is 2.35 bits per heavy atom. The van der Waals surface area contributed by atoms with Gasteiger partial charge in [0.15, 0.2) is 15.6 Å². The lowest BCUT2D eigenvalue weighted by Gasteiger charge is -2.24. The van der Waals surface area contributed by atoms with Crippen LogP contribution in [0.25, 0.3) is 0 Å². The minimum absolute atomic E-state index is 0.335. The minimum atomic E-state index is -3.43. The first-order valence-electron chi connectivity index (χ1n) is 5.33. The Morgan fingerprint density at radius 2 is 1.94 bits per heavy atom. The highest BCUT2D eigenvalue weighted by Gasteiger charge is 2.41. The zero-order chi connectivity index (χ0) is 13.3. The van der Waals surface area contributed by atoms with Crippen LogP contribution in [-0.4, -0.2) is 30.2 Å². The number of sulfone groups is 1. The van der Waals surface area contributed by atoms with E-state index in [1.807, 2.05) is 0 Å². The highest BCUT2D eigenvalue weighted by atomic mass is 32.2. The van der Waals surface area contributed by atoms with Crippen LogP contribution in [-0.2, 0) is 14.6 Å². The third-order valence-electron chi connectivity index (χ3n) is 3.05. The first-order valence-corrected chi connectivity index (χ1v) is 7.22. The maximum absolute atomic E-state index is 12.2. The number of carbonyl (C=O) groups is 1. The molecule has 4 nitrogen and oxygen atoms in total. The number of aromatic nitrogens is 1. The molecule has 0 radical (unpaired) electrons. The molecule has 1 aromatic heterocycles. The van der Waals surface area contributed by atoms with Gasteiger partial charge < -0.3 is 0 Å². The Morgan fingerprint density at radius 1 is 1.35 bits per heavy atom. The predicted molar refractivity (Wildman–Crippen MR) is 66.6 cm³/mol. The van der Waals surface area contributed by atoms with Gasteiger partial charge in [-0.15, -0.1) is 0 Å². The van der Waals surface area contributed by atoms with Crippen LogP contribution in [0.1, 0.15) is 32.4 Å². The fourth-order valence-electron chi connectivity index (χ4n) is 1.47. The topological polar surface area (TPSA) is 64.1 Å². The van der Waals surface area contributed by atoms with Gasteiger partial charge in [0, 0.05) is 12.5 Å². The van der Waals surface area contributed by atoms with Crippen LogP contribution >= 0.6 is 0 Å². The fourth-order valence-corrected chi connectivity index (χ4v) is 2.01. The summed E-state index contributed by atoms with van der Waals surface area (Å²) in [6.45, 7) is 4.55. The van der Waals surface area contributed by atoms with Crippen molar-refractivity contribution in [2.75, 3.05) is 6.26 Å². The van der Waals surface area contributed by atoms with Gasteiger partial charge in [-0.3, -0.25) is 9.78 Å². The smallest absolute Gasteiger partial charge is 0.162 e. The van der Waals surface area contributed by atoms with Crippen molar-refractivity contribution >= 4 is 15.6 Å². The molecule has 1 unspecified atom stereocenters. The lowest BCUT2D eigenvalue weighted by molar-refractivity contribution is -0.121. The number of carbonyl (C=O) groups excluding carboxylic acids is 1. The molecule has 17 heavy (non-hydrogen) atoms. The fraction of sp³-hybridized carbons (Fsp3) is 0.500. The summed E-state index contributed by atoms with van der Waals surface area (Å²) >= 11 is 0. The van der Waals surface area contributed by atoms with Crippen LogP contribution in [0, 0.1) is 0 Å². The van der Waals surface area contributed by atoms with Crippen molar-refractivity contribution in [3.05, 3.63) is 30.1 Å². The van der Waals surface area contributed by atoms with Gasteiger partial charge in [0.1, 0.15) is 4.75 Å². The lowest BCUT2D eigenvalue weighted by atomic mass is 9.93. The molecule has 1 heterocycles. The van der Waals surface area contributed by atoms with E-state index in [0.717, 1.165) is 6.26 Å². The molecule has 0 saturated heterocycles. The number of hydrogen-bond acceptors (Lipinski definition) is 4. The summed E-state index contributed by atoms with van der Waals surface area (Å²) in [7, 11) is -3.43. The molecule has 0 aliphatic carbocycles. The molecule has 0 N–H and O–H groups in total. The van der Waals surface area contributed by atoms with Gasteiger partial charge in [0.05, 0.1) is 11.6 Å². The van der Waals surface area contributed by atoms with E-state index in [-0.39, 0.29) is 5.78 Å². The van der Waals surface area contributed by atoms with Gasteiger partial charge in [-0.05, 0) is 32.9 Å². The first kappa shape index (κ1) is 13.8. The van der Waals surface area contributed by atoms with E-state index in [2.05, 4.69) is 4.98 Å². The van der Waals surface area contributed by atoms with Crippen LogP contribution in [0.5, 0.6) is 0 Å². The van der Waals surface area contributed by atoms with E-state index in [0.29, 0.717) is 5.69 Å². The molecule has 0 aromatic carbocycles. The summed E-state index contributed by atoms with van der Waals surface area (Å²) in [5.74, 6) is -0.861. The van der Waals surface area contributed by atoms with Crippen molar-refractivity contribution in [3.8, 4) is 0 Å². The zero-order valence-corrected chi connectivity index (χ0v) is 11.3. The second kappa shape index (κ2) is 4.56. The zero-order valence-electron chi connectivity index (χ0n) is 10.5. The largest absolute Gasteiger partial charge is 0.297 e. The van der Waals surface area contributed by atoms with E-state index in [4.69, 9.17) is 0 Å². The van der Waals surface area contributed by atoms with Crippen LogP contribution in [0.4, 0.5) is 0 Å². The summed E-state index contributed by atoms with van der Waals surface area (Å²) in [4.78, 5) is 16.3. The standard InChI is InChI=1S/C12H17NO3S/c1-9(10-7-5-6-8-13-10)11(14)12(2,3)17(4,15)16/h5-9H,1-4H3. The maximum Gasteiger partial charge on any atom is 0.162 e. The van der Waals surface area contributed by atoms with Crippen molar-refractivity contribution in [2.24, 2.45) is 0 Å². The monoisotopic (exact) mass is 255 g/mol. The Hall–Kier alpha value is -1.23. The molecule has 0 saturated carbocycles. The second-order valence-electron chi connectivity index (χ2n) is 4.62. The van der Waals surface area contributed by atoms with Crippen molar-refractivity contribution < 1.29 is 13.2 Å². The second-order valence-corrected chi connectivity index (χ2v) is 7.19. The molecule has 0 fully saturated rings. The van der Waals surface area contributed by atoms with E-state index in [1.54, 1.807) is 31.3 Å². The Kier molecular flexibility index (Phi) is 3.71. The van der Waals surface area contributed by atoms with Crippen molar-refractivity contribution in [2.45, 2.75) is 31.4 Å². The third kappa shape index (κ3) is 2.72. The normalized spacial score (nSPS) is 14.4. The van der Waals surface area contributed by atoms with Gasteiger partial charge in [-0.1, -0.05) is 6.07 Å². The Labute approximate surface area is 102 Å². The maximum atomic E-state index is 12.2. The number of nitrogens with zero attached hydrogens (tertiary/aromatic N) is 1. The molecule has 0 amide bonds. The van der Waals surface area contributed by atoms with Crippen molar-refractivity contribution in [1.29, 1.82) is 0 Å². The highest BCUT2D eigenvalue weighted by molar-refractivity contribution is 7.92. The summed E-state index contributed by atoms with van der Waals surface area (Å²) in [5.41, 5.74) is 0.592. The number of Topliss-reactive ketones (excluding diaryl/α,β-unsaturated/α-hetero) is 1. The predicted octanol–water partition coefficient (Wildman–Crippen LogP) is 1.58. The van der Waals surface area contributed by atoms with Crippen molar-refractivity contribution in [3.63, 3.8) is 0 Å². The molecule has 0 bridgehead atoms. The van der Waals surface area contributed by atoms with E-state index < -0.39 is 20.5 Å². The molecule has 1 atom stereocenters. The average molecular weight is 255 g/mol. The van der Waals surface area contributed by atoms with Gasteiger partial charge in [-0.25, -0.2) is 8.42 Å². The Balaban J connectivity index is 3.08. The molecule has 1 rings (SSSR count). The number of hydrogen-bond donors (Lipinski definition) is 0. The highest BCUT2D eigenvalue weighted by Crippen LogP contribution is 2.25. The van der Waals surface area contributed by atoms with Gasteiger partial charge >= 0.3 is 0 Å². The van der Waals surface area contributed by atoms with Crippen LogP contribution < -0.4 is 0 Å². The summed E-state index contributed by atoms with van der Waals surface area (Å²) in [6.07, 6.45) is 2.67. The van der Waals surface area contributed by atoms with Crippen molar-refractivity contribution in [1.82, 2.24) is 4.98 Å². The molecule has 0 aliphatic rings. The molecule has 5 heteroatoms. The van der Waals surface area contributed by atoms with E-state index >= 15 is 0 Å². The van der Waals surface area contributed by atoms with Gasteiger partial charge in [0.2, 0.25) is 0 Å². The molecule has 94 valence electrons. The van der Waals surface area contributed by atoms with Gasteiger partial charge in [-0.2, -0.15) is 0 Å². The molecule has 0 spiro atoms. The SMILES string of the molecule is CC(C(=O)C(C)(C)S(C)(=O)=O)c1ccccn1. The number of pyridine rings is 1. The first-order chi connectivity index (χ1) is 7.68. The molecule has 1 aromatic rings. The van der Waals surface area contributed by atoms with Crippen LogP contribution in [0.15, 0.2) is 24.4 Å². The summed E-state index contributed by atoms with van der Waals surface area (Å²) < 4.78 is 21.8. The summed E-state index contributed by atoms with van der Waals surface area (Å²) in [6, 6.07) is 5.25. The van der Waals surface area contributed by atoms with E-state index in [9.17, 15) is 13.2 Å². The summed E-state index contributed by atoms with van der Waals surface area (Å²) in [5, 5.41) is 0. The third-order valence-corrected chi connectivity index (χ3v) is 5.10. The molecular weight excluding hydrogens is 238 g/mol. The van der Waals surface area contributed by atoms with Crippen LogP contribution in [0.3, 0.4) is 0 Å². The number of rotatable bonds is 4. The van der Waals surface area contributed by atoms with Crippen LogP contribution in [0.2, 0.25) is 0 Å². The number of ketones is 1. The average Bonchev–Trinajstić information content (AvgIpc) is 2.26. The lowest BCUT2D eigenvalue weighted by Crippen LogP contribution is -2.42. The quantitative estimate of drug-likeness (QED) is 0.819. The van der Waals surface area contributed by atoms with Gasteiger partial charge in [0.25, 0.3) is 0 Å². The molecule has 0 aliphatic heterocycles. The van der Waals surface area contributed by atoms with E-state index in [1.165, 1.54) is 13.8 Å². The molecular formula is C12H17NO3S. The Bertz CT molecular complexity index is 506. The minimum Gasteiger partial charge on any atom is -0.297 e.